The van der Waals surface area contributed by atoms with Crippen molar-refractivity contribution in [3.63, 3.8) is 0 Å². The molecule has 0 saturated carbocycles. The van der Waals surface area contributed by atoms with Crippen molar-refractivity contribution in [1.29, 1.82) is 0 Å². The van der Waals surface area contributed by atoms with Crippen LogP contribution in [-0.4, -0.2) is 65.4 Å². The van der Waals surface area contributed by atoms with Crippen molar-refractivity contribution >= 4 is 35.0 Å². The maximum atomic E-state index is 15.0. The van der Waals surface area contributed by atoms with Crippen LogP contribution in [0.3, 0.4) is 0 Å². The molecule has 2 saturated heterocycles. The summed E-state index contributed by atoms with van der Waals surface area (Å²) in [6.07, 6.45) is 7.91. The third kappa shape index (κ3) is 6.55. The number of amides is 3. The highest BCUT2D eigenvalue weighted by Crippen LogP contribution is 2.37. The van der Waals surface area contributed by atoms with Gasteiger partial charge in [-0.3, -0.25) is 14.4 Å². The lowest BCUT2D eigenvalue weighted by atomic mass is 9.77. The first-order chi connectivity index (χ1) is 20.5. The van der Waals surface area contributed by atoms with Crippen LogP contribution >= 0.6 is 11.6 Å². The number of likely N-dealkylation sites (tertiary alicyclic amines) is 1. The van der Waals surface area contributed by atoms with E-state index in [1.807, 2.05) is 50.0 Å². The lowest BCUT2D eigenvalue weighted by Crippen LogP contribution is -2.56. The predicted octanol–water partition coefficient (Wildman–Crippen LogP) is 6.10. The Kier molecular flexibility index (Phi) is 9.09. The molecule has 3 aliphatic rings. The molecule has 2 heterocycles. The summed E-state index contributed by atoms with van der Waals surface area (Å²) in [5, 5.41) is 3.57. The second kappa shape index (κ2) is 12.6. The maximum absolute atomic E-state index is 15.0. The van der Waals surface area contributed by atoms with Crippen LogP contribution in [0.25, 0.3) is 0 Å². The van der Waals surface area contributed by atoms with E-state index in [4.69, 9.17) is 16.3 Å². The highest BCUT2D eigenvalue weighted by Gasteiger charge is 2.43. The molecule has 0 radical (unpaired) electrons. The van der Waals surface area contributed by atoms with Crippen molar-refractivity contribution < 1.29 is 23.5 Å². The minimum atomic E-state index is -0.566. The number of morpholine rings is 1. The lowest BCUT2D eigenvalue weighted by Gasteiger charge is -2.45. The second-order valence-corrected chi connectivity index (χ2v) is 12.9. The normalized spacial score (nSPS) is 23.6. The Labute approximate surface area is 257 Å². The number of carbonyl (C=O) groups is 3. The smallest absolute Gasteiger partial charge is 0.257 e. The van der Waals surface area contributed by atoms with Gasteiger partial charge in [-0.05, 0) is 81.9 Å². The molecule has 1 aliphatic carbocycles. The van der Waals surface area contributed by atoms with Crippen LogP contribution < -0.4 is 5.32 Å². The van der Waals surface area contributed by atoms with Crippen LogP contribution in [0.15, 0.2) is 60.2 Å². The molecular weight excluding hydrogens is 569 g/mol. The van der Waals surface area contributed by atoms with Crippen LogP contribution in [0.4, 0.5) is 10.1 Å². The first kappa shape index (κ1) is 31.0. The summed E-state index contributed by atoms with van der Waals surface area (Å²) in [7, 11) is 0. The SMILES string of the molecule is Cc1ccc(NC(=O)[C@H]2CCCN(C(=O)c3c(C)cccc3F)[C@H]2C2C=CC(CN3C(=O)COCC3(C)C)=CC2)cc1Cl. The van der Waals surface area contributed by atoms with E-state index in [2.05, 4.69) is 11.4 Å². The molecule has 7 nitrogen and oxygen atoms in total. The minimum Gasteiger partial charge on any atom is -0.369 e. The molecule has 5 rings (SSSR count). The summed E-state index contributed by atoms with van der Waals surface area (Å²) in [5.41, 5.74) is 2.67. The number of anilines is 1. The molecule has 1 N–H and O–H groups in total. The number of nitrogens with one attached hydrogen (secondary N) is 1. The second-order valence-electron chi connectivity index (χ2n) is 12.4. The summed E-state index contributed by atoms with van der Waals surface area (Å²) in [5.74, 6) is -1.91. The molecule has 228 valence electrons. The van der Waals surface area contributed by atoms with E-state index in [9.17, 15) is 14.4 Å². The fourth-order valence-corrected chi connectivity index (χ4v) is 6.62. The van der Waals surface area contributed by atoms with Crippen molar-refractivity contribution in [1.82, 2.24) is 9.80 Å². The van der Waals surface area contributed by atoms with Crippen LogP contribution in [0.5, 0.6) is 0 Å². The first-order valence-corrected chi connectivity index (χ1v) is 15.2. The molecule has 9 heteroatoms. The third-order valence-electron chi connectivity index (χ3n) is 8.86. The molecule has 2 aromatic rings. The largest absolute Gasteiger partial charge is 0.369 e. The standard InChI is InChI=1S/C34H39ClFN3O4/c1-21-10-15-25(17-27(21)35)37-32(41)26-8-6-16-38(33(42)30-22(2)7-5-9-28(30)36)31(26)24-13-11-23(12-14-24)18-39-29(40)19-43-20-34(39,3)4/h5,7,9-13,15,17,24,26,31H,6,8,14,16,18-20H2,1-4H3,(H,37,41)/t24?,26-,31-/m0/s1. The molecule has 2 fully saturated rings. The Morgan fingerprint density at radius 1 is 1.16 bits per heavy atom. The monoisotopic (exact) mass is 607 g/mol. The highest BCUT2D eigenvalue weighted by atomic mass is 35.5. The topological polar surface area (TPSA) is 79.0 Å². The summed E-state index contributed by atoms with van der Waals surface area (Å²) in [6, 6.07) is 9.52. The van der Waals surface area contributed by atoms with Crippen molar-refractivity contribution in [3.05, 3.63) is 87.7 Å². The number of rotatable bonds is 6. The Balaban J connectivity index is 1.43. The third-order valence-corrected chi connectivity index (χ3v) is 9.27. The number of hydrogen-bond donors (Lipinski definition) is 1. The number of ether oxygens (including phenoxy) is 1. The number of nitrogens with zero attached hydrogens (tertiary/aromatic N) is 2. The van der Waals surface area contributed by atoms with Gasteiger partial charge in [0, 0.05) is 29.7 Å². The molecule has 0 spiro atoms. The van der Waals surface area contributed by atoms with Gasteiger partial charge in [0.2, 0.25) is 11.8 Å². The molecule has 0 bridgehead atoms. The number of benzene rings is 2. The van der Waals surface area contributed by atoms with E-state index in [-0.39, 0.29) is 29.9 Å². The summed E-state index contributed by atoms with van der Waals surface area (Å²) in [6.45, 7) is 9.02. The molecule has 2 aliphatic heterocycles. The van der Waals surface area contributed by atoms with Crippen LogP contribution in [0.1, 0.15) is 54.6 Å². The van der Waals surface area contributed by atoms with Gasteiger partial charge < -0.3 is 19.9 Å². The number of carbonyl (C=O) groups excluding carboxylic acids is 3. The van der Waals surface area contributed by atoms with Crippen molar-refractivity contribution in [2.45, 2.75) is 58.5 Å². The minimum absolute atomic E-state index is 0.0444. The highest BCUT2D eigenvalue weighted by molar-refractivity contribution is 6.31. The molecule has 3 atom stereocenters. The van der Waals surface area contributed by atoms with Gasteiger partial charge in [-0.25, -0.2) is 4.39 Å². The number of piperidine rings is 1. The maximum Gasteiger partial charge on any atom is 0.257 e. The number of allylic oxidation sites excluding steroid dienone is 1. The van der Waals surface area contributed by atoms with Gasteiger partial charge in [0.1, 0.15) is 12.4 Å². The fourth-order valence-electron chi connectivity index (χ4n) is 6.44. The van der Waals surface area contributed by atoms with Crippen LogP contribution in [-0.2, 0) is 14.3 Å². The van der Waals surface area contributed by atoms with Gasteiger partial charge in [0.15, 0.2) is 0 Å². The molecule has 43 heavy (non-hydrogen) atoms. The van der Waals surface area contributed by atoms with Crippen LogP contribution in [0, 0.1) is 31.5 Å². The van der Waals surface area contributed by atoms with E-state index in [1.165, 1.54) is 6.07 Å². The number of aryl methyl sites for hydroxylation is 2. The van der Waals surface area contributed by atoms with Gasteiger partial charge in [-0.2, -0.15) is 0 Å². The van der Waals surface area contributed by atoms with Gasteiger partial charge >= 0.3 is 0 Å². The Hall–Kier alpha value is -3.49. The van der Waals surface area contributed by atoms with E-state index in [1.54, 1.807) is 30.0 Å². The first-order valence-electron chi connectivity index (χ1n) is 14.8. The molecule has 1 unspecified atom stereocenters. The van der Waals surface area contributed by atoms with E-state index in [0.717, 1.165) is 11.1 Å². The van der Waals surface area contributed by atoms with Crippen molar-refractivity contribution in [3.8, 4) is 0 Å². The zero-order valence-electron chi connectivity index (χ0n) is 25.2. The molecule has 2 aromatic carbocycles. The Bertz CT molecular complexity index is 1470. The van der Waals surface area contributed by atoms with Crippen LogP contribution in [0.2, 0.25) is 5.02 Å². The average molecular weight is 608 g/mol. The Morgan fingerprint density at radius 3 is 2.63 bits per heavy atom. The number of hydrogen-bond acceptors (Lipinski definition) is 4. The van der Waals surface area contributed by atoms with E-state index in [0.29, 0.717) is 55.2 Å². The quantitative estimate of drug-likeness (QED) is 0.431. The summed E-state index contributed by atoms with van der Waals surface area (Å²) < 4.78 is 20.5. The van der Waals surface area contributed by atoms with Gasteiger partial charge in [0.05, 0.1) is 29.7 Å². The zero-order chi connectivity index (χ0) is 30.9. The van der Waals surface area contributed by atoms with Crippen molar-refractivity contribution in [2.75, 3.05) is 31.6 Å². The van der Waals surface area contributed by atoms with E-state index >= 15 is 4.39 Å². The van der Waals surface area contributed by atoms with E-state index < -0.39 is 29.2 Å². The zero-order valence-corrected chi connectivity index (χ0v) is 25.9. The van der Waals surface area contributed by atoms with Crippen molar-refractivity contribution in [2.24, 2.45) is 11.8 Å². The summed E-state index contributed by atoms with van der Waals surface area (Å²) in [4.78, 5) is 44.0. The van der Waals surface area contributed by atoms with Gasteiger partial charge in [-0.1, -0.05) is 48.0 Å². The number of halogens is 2. The molecule has 3 amide bonds. The predicted molar refractivity (Wildman–Crippen MR) is 165 cm³/mol. The molecule has 0 aromatic heterocycles. The van der Waals surface area contributed by atoms with Gasteiger partial charge in [0.25, 0.3) is 5.91 Å². The summed E-state index contributed by atoms with van der Waals surface area (Å²) >= 11 is 6.32. The van der Waals surface area contributed by atoms with Gasteiger partial charge in [-0.15, -0.1) is 0 Å². The Morgan fingerprint density at radius 2 is 1.95 bits per heavy atom. The fraction of sp³-hybridized carbons (Fsp3) is 0.441. The average Bonchev–Trinajstić information content (AvgIpc) is 2.96. The lowest BCUT2D eigenvalue weighted by molar-refractivity contribution is -0.154. The molecular formula is C34H39ClFN3O4.